The molecule has 0 spiro atoms. The van der Waals surface area contributed by atoms with E-state index in [1.54, 1.807) is 55.7 Å². The second kappa shape index (κ2) is 12.6. The third kappa shape index (κ3) is 6.97. The highest BCUT2D eigenvalue weighted by atomic mass is 35.5. The number of halogens is 3. The highest BCUT2D eigenvalue weighted by molar-refractivity contribution is 5.94. The summed E-state index contributed by atoms with van der Waals surface area (Å²) in [5.41, 5.74) is 7.00. The number of nitrogens with one attached hydrogen (secondary N) is 2. The fraction of sp³-hybridized carbons (Fsp3) is 0.208. The number of nitrogen functional groups attached to an aromatic ring is 1. The Kier molecular flexibility index (Phi) is 9.91. The van der Waals surface area contributed by atoms with Gasteiger partial charge >= 0.3 is 0 Å². The molecule has 180 valence electrons. The van der Waals surface area contributed by atoms with Gasteiger partial charge in [0.1, 0.15) is 29.8 Å². The van der Waals surface area contributed by atoms with E-state index in [1.165, 1.54) is 0 Å². The Morgan fingerprint density at radius 2 is 1.71 bits per heavy atom. The zero-order valence-electron chi connectivity index (χ0n) is 18.4. The van der Waals surface area contributed by atoms with Gasteiger partial charge in [-0.2, -0.15) is 0 Å². The highest BCUT2D eigenvalue weighted by Gasteiger charge is 2.28. The highest BCUT2D eigenvalue weighted by Crippen LogP contribution is 2.29. The van der Waals surface area contributed by atoms with Crippen LogP contribution in [0.15, 0.2) is 60.9 Å². The molecule has 0 aliphatic heterocycles. The Labute approximate surface area is 202 Å². The Balaban J connectivity index is 0.00000408. The van der Waals surface area contributed by atoms with Crippen molar-refractivity contribution in [2.45, 2.75) is 26.2 Å². The van der Waals surface area contributed by atoms with Gasteiger partial charge in [-0.05, 0) is 30.2 Å². The van der Waals surface area contributed by atoms with E-state index < -0.39 is 29.2 Å². The lowest BCUT2D eigenvalue weighted by Crippen LogP contribution is -2.31. The van der Waals surface area contributed by atoms with E-state index in [-0.39, 0.29) is 43.8 Å². The van der Waals surface area contributed by atoms with Crippen molar-refractivity contribution < 1.29 is 23.0 Å². The first-order valence-corrected chi connectivity index (χ1v) is 10.2. The minimum absolute atomic E-state index is 0. The summed E-state index contributed by atoms with van der Waals surface area (Å²) >= 11 is 0. The van der Waals surface area contributed by atoms with Crippen LogP contribution in [0.5, 0.6) is 5.75 Å². The van der Waals surface area contributed by atoms with Gasteiger partial charge in [-0.15, -0.1) is 12.4 Å². The minimum Gasteiger partial charge on any atom is -0.489 e. The average molecular weight is 491 g/mol. The minimum atomic E-state index is -1.47. The smallest absolute Gasteiger partial charge is 0.254 e. The Hall–Kier alpha value is -3.56. The summed E-state index contributed by atoms with van der Waals surface area (Å²) in [5.74, 6) is -2.65. The first kappa shape index (κ1) is 26.7. The number of nitrogens with two attached hydrogens (primary N) is 1. The molecule has 1 heterocycles. The van der Waals surface area contributed by atoms with Crippen LogP contribution >= 0.6 is 12.4 Å². The third-order valence-electron chi connectivity index (χ3n) is 4.77. The Morgan fingerprint density at radius 1 is 1.09 bits per heavy atom. The molecule has 34 heavy (non-hydrogen) atoms. The van der Waals surface area contributed by atoms with Crippen molar-refractivity contribution in [3.8, 4) is 5.75 Å². The molecule has 0 aliphatic carbocycles. The molecule has 4 N–H and O–H groups in total. The fourth-order valence-electron chi connectivity index (χ4n) is 3.08. The summed E-state index contributed by atoms with van der Waals surface area (Å²) in [4.78, 5) is 16.6. The van der Waals surface area contributed by atoms with Gasteiger partial charge in [-0.3, -0.25) is 15.2 Å². The SMILES string of the molecule is CCO[C@H](C(=O)NCc1ccc(C(=N)N)cc1)c1c(F)cc(OCc2ccncc2)cc1F.Cl. The number of carbonyl (C=O) groups is 1. The van der Waals surface area contributed by atoms with Gasteiger partial charge in [0.2, 0.25) is 0 Å². The summed E-state index contributed by atoms with van der Waals surface area (Å²) in [6.45, 7) is 1.92. The molecule has 2 aromatic carbocycles. The number of aromatic nitrogens is 1. The first-order chi connectivity index (χ1) is 15.9. The maximum atomic E-state index is 14.8. The van der Waals surface area contributed by atoms with Crippen LogP contribution in [0.3, 0.4) is 0 Å². The molecule has 3 aromatic rings. The van der Waals surface area contributed by atoms with Crippen LogP contribution in [0.25, 0.3) is 0 Å². The van der Waals surface area contributed by atoms with E-state index in [0.717, 1.165) is 23.3 Å². The summed E-state index contributed by atoms with van der Waals surface area (Å²) in [7, 11) is 0. The van der Waals surface area contributed by atoms with Crippen molar-refractivity contribution >= 4 is 24.1 Å². The number of ether oxygens (including phenoxy) is 2. The van der Waals surface area contributed by atoms with Crippen molar-refractivity contribution in [1.82, 2.24) is 10.3 Å². The van der Waals surface area contributed by atoms with Crippen molar-refractivity contribution in [2.24, 2.45) is 5.73 Å². The molecular weight excluding hydrogens is 466 g/mol. The first-order valence-electron chi connectivity index (χ1n) is 10.2. The Morgan fingerprint density at radius 3 is 2.26 bits per heavy atom. The molecule has 3 rings (SSSR count). The maximum absolute atomic E-state index is 14.8. The monoisotopic (exact) mass is 490 g/mol. The zero-order chi connectivity index (χ0) is 23.8. The van der Waals surface area contributed by atoms with Gasteiger partial charge in [0.05, 0.1) is 5.56 Å². The van der Waals surface area contributed by atoms with Crippen LogP contribution in [-0.4, -0.2) is 23.3 Å². The predicted molar refractivity (Wildman–Crippen MR) is 126 cm³/mol. The van der Waals surface area contributed by atoms with Crippen molar-refractivity contribution in [3.05, 3.63) is 94.8 Å². The number of pyridine rings is 1. The number of hydrogen-bond donors (Lipinski definition) is 3. The van der Waals surface area contributed by atoms with Crippen molar-refractivity contribution in [1.29, 1.82) is 5.41 Å². The van der Waals surface area contributed by atoms with Gasteiger partial charge in [0.15, 0.2) is 6.10 Å². The van der Waals surface area contributed by atoms with E-state index in [4.69, 9.17) is 20.6 Å². The molecule has 1 aromatic heterocycles. The number of nitrogens with zero attached hydrogens (tertiary/aromatic N) is 1. The van der Waals surface area contributed by atoms with Gasteiger partial charge in [-0.1, -0.05) is 24.3 Å². The molecule has 7 nitrogen and oxygen atoms in total. The molecule has 0 fully saturated rings. The van der Waals surface area contributed by atoms with Crippen LogP contribution in [0.2, 0.25) is 0 Å². The van der Waals surface area contributed by atoms with Crippen LogP contribution in [-0.2, 0) is 22.7 Å². The lowest BCUT2D eigenvalue weighted by Gasteiger charge is -2.19. The number of carbonyl (C=O) groups excluding carboxylic acids is 1. The molecule has 0 saturated carbocycles. The lowest BCUT2D eigenvalue weighted by atomic mass is 10.1. The molecule has 0 radical (unpaired) electrons. The lowest BCUT2D eigenvalue weighted by molar-refractivity contribution is -0.133. The standard InChI is InChI=1S/C24H24F2N4O3.ClH/c1-2-32-22(24(31)30-13-15-3-5-17(6-4-15)23(27)28)21-19(25)11-18(12-20(21)26)33-14-16-7-9-29-10-8-16;/h3-12,22H,2,13-14H2,1H3,(H3,27,28)(H,30,31);1H/t22-;/m0./s1. The predicted octanol–water partition coefficient (Wildman–Crippen LogP) is 4.04. The molecule has 0 bridgehead atoms. The quantitative estimate of drug-likeness (QED) is 0.293. The number of rotatable bonds is 10. The molecule has 1 atom stereocenters. The molecule has 0 saturated heterocycles. The summed E-state index contributed by atoms with van der Waals surface area (Å²) < 4.78 is 40.5. The van der Waals surface area contributed by atoms with E-state index in [1.807, 2.05) is 0 Å². The van der Waals surface area contributed by atoms with E-state index in [2.05, 4.69) is 10.3 Å². The molecular formula is C24H25ClF2N4O3. The van der Waals surface area contributed by atoms with Gasteiger partial charge < -0.3 is 20.5 Å². The van der Waals surface area contributed by atoms with E-state index >= 15 is 0 Å². The number of benzene rings is 2. The largest absolute Gasteiger partial charge is 0.489 e. The van der Waals surface area contributed by atoms with Crippen molar-refractivity contribution in [3.63, 3.8) is 0 Å². The summed E-state index contributed by atoms with van der Waals surface area (Å²) in [6.07, 6.45) is 1.71. The zero-order valence-corrected chi connectivity index (χ0v) is 19.2. The van der Waals surface area contributed by atoms with Gasteiger partial charge in [-0.25, -0.2) is 8.78 Å². The number of amidine groups is 1. The van der Waals surface area contributed by atoms with Gasteiger partial charge in [0.25, 0.3) is 5.91 Å². The molecule has 10 heteroatoms. The van der Waals surface area contributed by atoms with Crippen molar-refractivity contribution in [2.75, 3.05) is 6.61 Å². The average Bonchev–Trinajstić information content (AvgIpc) is 2.81. The van der Waals surface area contributed by atoms with Gasteiger partial charge in [0, 0.05) is 43.2 Å². The number of hydrogen-bond acceptors (Lipinski definition) is 5. The van der Waals surface area contributed by atoms with E-state index in [9.17, 15) is 13.6 Å². The normalized spacial score (nSPS) is 11.3. The second-order valence-corrected chi connectivity index (χ2v) is 7.11. The van der Waals surface area contributed by atoms with Crippen LogP contribution in [0.4, 0.5) is 8.78 Å². The van der Waals surface area contributed by atoms with Crippen LogP contribution in [0, 0.1) is 17.0 Å². The maximum Gasteiger partial charge on any atom is 0.254 e. The van der Waals surface area contributed by atoms with Crippen LogP contribution in [0.1, 0.15) is 35.3 Å². The van der Waals surface area contributed by atoms with Crippen LogP contribution < -0.4 is 15.8 Å². The Bertz CT molecular complexity index is 1090. The molecule has 1 amide bonds. The topological polar surface area (TPSA) is 110 Å². The third-order valence-corrected chi connectivity index (χ3v) is 4.77. The molecule has 0 aliphatic rings. The second-order valence-electron chi connectivity index (χ2n) is 7.11. The fourth-order valence-corrected chi connectivity index (χ4v) is 3.08. The number of amides is 1. The summed E-state index contributed by atoms with van der Waals surface area (Å²) in [5, 5.41) is 10.0. The van der Waals surface area contributed by atoms with E-state index in [0.29, 0.717) is 5.56 Å². The summed E-state index contributed by atoms with van der Waals surface area (Å²) in [6, 6.07) is 12.2. The molecule has 0 unspecified atom stereocenters.